The fourth-order valence-corrected chi connectivity index (χ4v) is 4.64. The Labute approximate surface area is 192 Å². The molecule has 0 aliphatic heterocycles. The van der Waals surface area contributed by atoms with E-state index in [1.165, 1.54) is 11.8 Å². The molecular weight excluding hydrogens is 416 g/mol. The fourth-order valence-electron chi connectivity index (χ4n) is 3.50. The van der Waals surface area contributed by atoms with E-state index in [0.29, 0.717) is 5.56 Å². The number of rotatable bonds is 8. The third-order valence-corrected chi connectivity index (χ3v) is 6.51. The molecule has 0 fully saturated rings. The first-order valence-electron chi connectivity index (χ1n) is 10.7. The summed E-state index contributed by atoms with van der Waals surface area (Å²) in [5, 5.41) is 9.28. The molecule has 4 rings (SSSR count). The summed E-state index contributed by atoms with van der Waals surface area (Å²) >= 11 is 1.46. The smallest absolute Gasteiger partial charge is 0.192 e. The molecule has 0 saturated heterocycles. The number of ketones is 1. The van der Waals surface area contributed by atoms with Gasteiger partial charge in [0.2, 0.25) is 0 Å². The number of hydrogen-bond acceptors (Lipinski definition) is 5. The molecule has 1 atom stereocenters. The van der Waals surface area contributed by atoms with Crippen molar-refractivity contribution in [2.45, 2.75) is 44.1 Å². The fraction of sp³-hybridized carbons (Fsp3) is 0.231. The predicted octanol–water partition coefficient (Wildman–Crippen LogP) is 6.08. The van der Waals surface area contributed by atoms with Crippen LogP contribution in [0.1, 0.15) is 45.6 Å². The Hall–Kier alpha value is -3.25. The SMILES string of the molecule is CCCn1c(SC(C(=O)c2ccc(C)cc2)c2ccc(C)cc2)nnc1-c1ccncc1. The van der Waals surface area contributed by atoms with Gasteiger partial charge in [-0.05, 0) is 38.0 Å². The number of carbonyl (C=O) groups excluding carboxylic acids is 1. The van der Waals surface area contributed by atoms with Crippen molar-refractivity contribution in [1.82, 2.24) is 19.7 Å². The predicted molar refractivity (Wildman–Crippen MR) is 129 cm³/mol. The first-order valence-corrected chi connectivity index (χ1v) is 11.6. The lowest BCUT2D eigenvalue weighted by atomic mass is 10.0. The minimum Gasteiger partial charge on any atom is -0.302 e. The maximum Gasteiger partial charge on any atom is 0.192 e. The van der Waals surface area contributed by atoms with Crippen molar-refractivity contribution in [3.05, 3.63) is 95.3 Å². The minimum atomic E-state index is -0.414. The molecule has 4 aromatic rings. The summed E-state index contributed by atoms with van der Waals surface area (Å²) in [6.07, 6.45) is 4.44. The molecule has 0 N–H and O–H groups in total. The molecule has 162 valence electrons. The van der Waals surface area contributed by atoms with E-state index in [-0.39, 0.29) is 5.78 Å². The van der Waals surface area contributed by atoms with E-state index < -0.39 is 5.25 Å². The zero-order chi connectivity index (χ0) is 22.5. The maximum atomic E-state index is 13.6. The molecule has 2 aromatic carbocycles. The quantitative estimate of drug-likeness (QED) is 0.244. The molecule has 0 aliphatic carbocycles. The van der Waals surface area contributed by atoms with Gasteiger partial charge in [-0.3, -0.25) is 9.78 Å². The first kappa shape index (κ1) is 22.0. The van der Waals surface area contributed by atoms with Gasteiger partial charge in [-0.2, -0.15) is 0 Å². The monoisotopic (exact) mass is 442 g/mol. The van der Waals surface area contributed by atoms with E-state index in [4.69, 9.17) is 0 Å². The van der Waals surface area contributed by atoms with Crippen molar-refractivity contribution < 1.29 is 4.79 Å². The maximum absolute atomic E-state index is 13.6. The van der Waals surface area contributed by atoms with Crippen molar-refractivity contribution in [1.29, 1.82) is 0 Å². The second-order valence-corrected chi connectivity index (χ2v) is 8.90. The summed E-state index contributed by atoms with van der Waals surface area (Å²) in [5.41, 5.74) is 4.91. The van der Waals surface area contributed by atoms with Gasteiger partial charge < -0.3 is 4.57 Å². The Morgan fingerprint density at radius 3 is 2.16 bits per heavy atom. The highest BCUT2D eigenvalue weighted by Crippen LogP contribution is 2.38. The van der Waals surface area contributed by atoms with Crippen LogP contribution in [0.2, 0.25) is 0 Å². The number of carbonyl (C=O) groups is 1. The number of aromatic nitrogens is 4. The second kappa shape index (κ2) is 9.92. The Bertz CT molecular complexity index is 1180. The van der Waals surface area contributed by atoms with Gasteiger partial charge in [0.25, 0.3) is 0 Å². The number of Topliss-reactive ketones (excluding diaryl/α,β-unsaturated/α-hetero) is 1. The summed E-state index contributed by atoms with van der Waals surface area (Å²) < 4.78 is 2.10. The molecule has 0 amide bonds. The van der Waals surface area contributed by atoms with Crippen LogP contribution in [0.5, 0.6) is 0 Å². The van der Waals surface area contributed by atoms with Gasteiger partial charge in [0.1, 0.15) is 5.25 Å². The van der Waals surface area contributed by atoms with Crippen LogP contribution in [-0.4, -0.2) is 25.5 Å². The van der Waals surface area contributed by atoms with E-state index in [1.54, 1.807) is 12.4 Å². The van der Waals surface area contributed by atoms with E-state index in [9.17, 15) is 4.79 Å². The summed E-state index contributed by atoms with van der Waals surface area (Å²) in [5.74, 6) is 0.859. The van der Waals surface area contributed by atoms with Gasteiger partial charge >= 0.3 is 0 Å². The summed E-state index contributed by atoms with van der Waals surface area (Å²) in [6, 6.07) is 19.8. The van der Waals surface area contributed by atoms with Gasteiger partial charge in [-0.15, -0.1) is 10.2 Å². The van der Waals surface area contributed by atoms with Crippen molar-refractivity contribution in [2.75, 3.05) is 0 Å². The highest BCUT2D eigenvalue weighted by atomic mass is 32.2. The van der Waals surface area contributed by atoms with Crippen LogP contribution in [0.15, 0.2) is 78.2 Å². The van der Waals surface area contributed by atoms with Crippen molar-refractivity contribution in [3.63, 3.8) is 0 Å². The van der Waals surface area contributed by atoms with Crippen LogP contribution in [-0.2, 0) is 6.54 Å². The molecule has 32 heavy (non-hydrogen) atoms. The largest absolute Gasteiger partial charge is 0.302 e. The van der Waals surface area contributed by atoms with Crippen molar-refractivity contribution >= 4 is 17.5 Å². The third-order valence-electron chi connectivity index (χ3n) is 5.28. The molecule has 6 heteroatoms. The lowest BCUT2D eigenvalue weighted by molar-refractivity contribution is 0.0989. The van der Waals surface area contributed by atoms with Crippen LogP contribution in [0.25, 0.3) is 11.4 Å². The molecular formula is C26H26N4OS. The van der Waals surface area contributed by atoms with Crippen LogP contribution in [0, 0.1) is 13.8 Å². The number of nitrogens with zero attached hydrogens (tertiary/aromatic N) is 4. The Morgan fingerprint density at radius 1 is 0.906 bits per heavy atom. The number of benzene rings is 2. The minimum absolute atomic E-state index is 0.0652. The molecule has 2 aromatic heterocycles. The van der Waals surface area contributed by atoms with Crippen molar-refractivity contribution in [3.8, 4) is 11.4 Å². The van der Waals surface area contributed by atoms with Crippen LogP contribution in [0.3, 0.4) is 0 Å². The van der Waals surface area contributed by atoms with Crippen LogP contribution < -0.4 is 0 Å². The average molecular weight is 443 g/mol. The lowest BCUT2D eigenvalue weighted by Crippen LogP contribution is -2.12. The standard InChI is InChI=1S/C26H26N4OS/c1-4-17-30-25(22-13-15-27-16-14-22)28-29-26(30)32-24(21-11-7-19(3)8-12-21)23(31)20-9-5-18(2)6-10-20/h5-16,24H,4,17H2,1-3H3. The molecule has 5 nitrogen and oxygen atoms in total. The highest BCUT2D eigenvalue weighted by molar-refractivity contribution is 8.00. The molecule has 1 unspecified atom stereocenters. The molecule has 0 radical (unpaired) electrons. The van der Waals surface area contributed by atoms with E-state index in [0.717, 1.165) is 46.2 Å². The summed E-state index contributed by atoms with van der Waals surface area (Å²) in [4.78, 5) is 17.7. The topological polar surface area (TPSA) is 60.7 Å². The normalized spacial score (nSPS) is 12.0. The molecule has 0 saturated carbocycles. The van der Waals surface area contributed by atoms with Gasteiger partial charge in [0, 0.05) is 30.1 Å². The molecule has 2 heterocycles. The zero-order valence-corrected chi connectivity index (χ0v) is 19.3. The average Bonchev–Trinajstić information content (AvgIpc) is 3.21. The molecule has 0 aliphatic rings. The number of pyridine rings is 1. The Kier molecular flexibility index (Phi) is 6.81. The van der Waals surface area contributed by atoms with Crippen molar-refractivity contribution in [2.24, 2.45) is 0 Å². The third kappa shape index (κ3) is 4.81. The van der Waals surface area contributed by atoms with E-state index in [1.807, 2.05) is 74.5 Å². The number of thioether (sulfide) groups is 1. The van der Waals surface area contributed by atoms with Crippen LogP contribution in [0.4, 0.5) is 0 Å². The Morgan fingerprint density at radius 2 is 1.53 bits per heavy atom. The second-order valence-electron chi connectivity index (χ2n) is 7.83. The first-order chi connectivity index (χ1) is 15.6. The van der Waals surface area contributed by atoms with Gasteiger partial charge in [0.15, 0.2) is 16.8 Å². The molecule has 0 bridgehead atoms. The number of aryl methyl sites for hydroxylation is 2. The zero-order valence-electron chi connectivity index (χ0n) is 18.5. The molecule has 0 spiro atoms. The highest BCUT2D eigenvalue weighted by Gasteiger charge is 2.27. The van der Waals surface area contributed by atoms with Gasteiger partial charge in [-0.1, -0.05) is 78.3 Å². The van der Waals surface area contributed by atoms with E-state index >= 15 is 0 Å². The number of hydrogen-bond donors (Lipinski definition) is 0. The van der Waals surface area contributed by atoms with Gasteiger partial charge in [0.05, 0.1) is 0 Å². The lowest BCUT2D eigenvalue weighted by Gasteiger charge is -2.17. The van der Waals surface area contributed by atoms with Gasteiger partial charge in [-0.25, -0.2) is 0 Å². The summed E-state index contributed by atoms with van der Waals surface area (Å²) in [6.45, 7) is 6.97. The van der Waals surface area contributed by atoms with E-state index in [2.05, 4.69) is 26.7 Å². The Balaban J connectivity index is 1.74. The summed E-state index contributed by atoms with van der Waals surface area (Å²) in [7, 11) is 0. The van der Waals surface area contributed by atoms with Crippen LogP contribution >= 0.6 is 11.8 Å².